The average molecular weight is 289 g/mol. The van der Waals surface area contributed by atoms with Crippen LogP contribution < -0.4 is 10.2 Å². The summed E-state index contributed by atoms with van der Waals surface area (Å²) >= 11 is 1.76. The van der Waals surface area contributed by atoms with Gasteiger partial charge in [0.1, 0.15) is 0 Å². The highest BCUT2D eigenvalue weighted by Crippen LogP contribution is 2.30. The Balaban J connectivity index is 2.17. The lowest BCUT2D eigenvalue weighted by molar-refractivity contribution is 0.731. The molecule has 0 unspecified atom stereocenters. The second-order valence-corrected chi connectivity index (χ2v) is 5.93. The van der Waals surface area contributed by atoms with Crippen molar-refractivity contribution in [2.24, 2.45) is 0 Å². The van der Waals surface area contributed by atoms with Gasteiger partial charge in [-0.1, -0.05) is 37.3 Å². The SMILES string of the molecule is CCNCc1sc(N(C)c2ccc(CC)cc2)nc1C. The molecule has 0 saturated carbocycles. The van der Waals surface area contributed by atoms with Crippen LogP contribution in [0.15, 0.2) is 24.3 Å². The van der Waals surface area contributed by atoms with Gasteiger partial charge >= 0.3 is 0 Å². The standard InChI is InChI=1S/C16H23N3S/c1-5-13-7-9-14(10-8-13)19(4)16-18-12(3)15(20-16)11-17-6-2/h7-10,17H,5-6,11H2,1-4H3. The molecule has 108 valence electrons. The molecule has 1 N–H and O–H groups in total. The number of nitrogens with zero attached hydrogens (tertiary/aromatic N) is 2. The van der Waals surface area contributed by atoms with E-state index in [0.717, 1.165) is 30.3 Å². The van der Waals surface area contributed by atoms with Gasteiger partial charge in [0, 0.05) is 24.2 Å². The molecular formula is C16H23N3S. The van der Waals surface area contributed by atoms with Crippen molar-refractivity contribution in [3.05, 3.63) is 40.4 Å². The maximum absolute atomic E-state index is 4.69. The van der Waals surface area contributed by atoms with Crippen LogP contribution in [0.25, 0.3) is 0 Å². The van der Waals surface area contributed by atoms with Crippen molar-refractivity contribution in [2.75, 3.05) is 18.5 Å². The lowest BCUT2D eigenvalue weighted by Crippen LogP contribution is -2.11. The summed E-state index contributed by atoms with van der Waals surface area (Å²) < 4.78 is 0. The molecule has 2 rings (SSSR count). The number of benzene rings is 1. The van der Waals surface area contributed by atoms with Crippen molar-refractivity contribution < 1.29 is 0 Å². The molecule has 0 spiro atoms. The molecule has 0 bridgehead atoms. The van der Waals surface area contributed by atoms with Crippen molar-refractivity contribution in [3.8, 4) is 0 Å². The fourth-order valence-electron chi connectivity index (χ4n) is 2.02. The molecule has 1 aromatic heterocycles. The highest BCUT2D eigenvalue weighted by molar-refractivity contribution is 7.15. The van der Waals surface area contributed by atoms with Crippen LogP contribution in [0.5, 0.6) is 0 Å². The van der Waals surface area contributed by atoms with Crippen LogP contribution in [0.1, 0.15) is 30.0 Å². The Morgan fingerprint density at radius 2 is 1.90 bits per heavy atom. The van der Waals surface area contributed by atoms with Crippen LogP contribution in [0.4, 0.5) is 10.8 Å². The molecule has 0 amide bonds. The van der Waals surface area contributed by atoms with Gasteiger partial charge in [-0.3, -0.25) is 0 Å². The molecule has 0 saturated heterocycles. The Labute approximate surface area is 125 Å². The molecule has 3 nitrogen and oxygen atoms in total. The largest absolute Gasteiger partial charge is 0.321 e. The van der Waals surface area contributed by atoms with E-state index in [2.05, 4.69) is 67.3 Å². The summed E-state index contributed by atoms with van der Waals surface area (Å²) in [6, 6.07) is 8.71. The normalized spacial score (nSPS) is 10.8. The van der Waals surface area contributed by atoms with E-state index in [9.17, 15) is 0 Å². The monoisotopic (exact) mass is 289 g/mol. The number of thiazole rings is 1. The minimum absolute atomic E-state index is 0.905. The van der Waals surface area contributed by atoms with Crippen molar-refractivity contribution in [1.82, 2.24) is 10.3 Å². The van der Waals surface area contributed by atoms with Crippen LogP contribution in [0.3, 0.4) is 0 Å². The summed E-state index contributed by atoms with van der Waals surface area (Å²) in [4.78, 5) is 8.16. The average Bonchev–Trinajstić information content (AvgIpc) is 2.85. The summed E-state index contributed by atoms with van der Waals surface area (Å²) in [6.07, 6.45) is 1.08. The first-order valence-electron chi connectivity index (χ1n) is 7.15. The van der Waals surface area contributed by atoms with E-state index in [1.807, 2.05) is 0 Å². The molecule has 1 heterocycles. The number of aryl methyl sites for hydroxylation is 2. The quantitative estimate of drug-likeness (QED) is 0.874. The number of rotatable bonds is 6. The minimum atomic E-state index is 0.905. The van der Waals surface area contributed by atoms with Gasteiger partial charge in [0.15, 0.2) is 5.13 Å². The van der Waals surface area contributed by atoms with Gasteiger partial charge < -0.3 is 10.2 Å². The van der Waals surface area contributed by atoms with Crippen molar-refractivity contribution >= 4 is 22.2 Å². The second-order valence-electron chi connectivity index (χ2n) is 4.86. The first-order chi connectivity index (χ1) is 9.65. The zero-order chi connectivity index (χ0) is 14.5. The second kappa shape index (κ2) is 6.86. The molecule has 0 fully saturated rings. The predicted molar refractivity (Wildman–Crippen MR) is 88.1 cm³/mol. The zero-order valence-electron chi connectivity index (χ0n) is 12.7. The predicted octanol–water partition coefficient (Wildman–Crippen LogP) is 3.89. The molecular weight excluding hydrogens is 266 g/mol. The highest BCUT2D eigenvalue weighted by atomic mass is 32.1. The van der Waals surface area contributed by atoms with Crippen molar-refractivity contribution in [2.45, 2.75) is 33.7 Å². The van der Waals surface area contributed by atoms with Crippen LogP contribution in [0.2, 0.25) is 0 Å². The fraction of sp³-hybridized carbons (Fsp3) is 0.438. The molecule has 0 aliphatic carbocycles. The smallest absolute Gasteiger partial charge is 0.190 e. The van der Waals surface area contributed by atoms with E-state index in [4.69, 9.17) is 0 Å². The molecule has 0 aliphatic heterocycles. The van der Waals surface area contributed by atoms with Gasteiger partial charge in [-0.05, 0) is 37.6 Å². The zero-order valence-corrected chi connectivity index (χ0v) is 13.5. The Bertz CT molecular complexity index is 545. The topological polar surface area (TPSA) is 28.2 Å². The summed E-state index contributed by atoms with van der Waals surface area (Å²) in [5.74, 6) is 0. The van der Waals surface area contributed by atoms with Crippen molar-refractivity contribution in [3.63, 3.8) is 0 Å². The van der Waals surface area contributed by atoms with Crippen LogP contribution >= 0.6 is 11.3 Å². The molecule has 0 radical (unpaired) electrons. The molecule has 0 atom stereocenters. The van der Waals surface area contributed by atoms with Crippen LogP contribution in [-0.4, -0.2) is 18.6 Å². The number of nitrogens with one attached hydrogen (secondary N) is 1. The van der Waals surface area contributed by atoms with E-state index in [0.29, 0.717) is 0 Å². The molecule has 1 aromatic carbocycles. The third-order valence-corrected chi connectivity index (χ3v) is 4.67. The van der Waals surface area contributed by atoms with E-state index in [1.54, 1.807) is 11.3 Å². The van der Waals surface area contributed by atoms with Gasteiger partial charge in [0.25, 0.3) is 0 Å². The fourth-order valence-corrected chi connectivity index (χ4v) is 3.04. The van der Waals surface area contributed by atoms with E-state index in [-0.39, 0.29) is 0 Å². The Hall–Kier alpha value is -1.39. The van der Waals surface area contributed by atoms with E-state index >= 15 is 0 Å². The Kier molecular flexibility index (Phi) is 5.15. The number of aromatic nitrogens is 1. The van der Waals surface area contributed by atoms with Crippen LogP contribution in [-0.2, 0) is 13.0 Å². The van der Waals surface area contributed by atoms with Gasteiger partial charge in [-0.15, -0.1) is 0 Å². The Morgan fingerprint density at radius 3 is 2.50 bits per heavy atom. The summed E-state index contributed by atoms with van der Waals surface area (Å²) in [6.45, 7) is 8.28. The number of hydrogen-bond donors (Lipinski definition) is 1. The summed E-state index contributed by atoms with van der Waals surface area (Å²) in [7, 11) is 2.08. The summed E-state index contributed by atoms with van der Waals surface area (Å²) in [5, 5.41) is 4.42. The third kappa shape index (κ3) is 3.38. The molecule has 2 aromatic rings. The lowest BCUT2D eigenvalue weighted by Gasteiger charge is -2.16. The maximum Gasteiger partial charge on any atom is 0.190 e. The highest BCUT2D eigenvalue weighted by Gasteiger charge is 2.12. The summed E-state index contributed by atoms with van der Waals surface area (Å²) in [5.41, 5.74) is 3.68. The molecule has 20 heavy (non-hydrogen) atoms. The maximum atomic E-state index is 4.69. The number of anilines is 2. The van der Waals surface area contributed by atoms with Gasteiger partial charge in [0.2, 0.25) is 0 Å². The lowest BCUT2D eigenvalue weighted by atomic mass is 10.1. The third-order valence-electron chi connectivity index (χ3n) is 3.44. The Morgan fingerprint density at radius 1 is 1.20 bits per heavy atom. The molecule has 4 heteroatoms. The van der Waals surface area contributed by atoms with E-state index < -0.39 is 0 Å². The first kappa shape index (κ1) is 15.0. The van der Waals surface area contributed by atoms with Crippen LogP contribution in [0, 0.1) is 6.92 Å². The molecule has 0 aliphatic rings. The van der Waals surface area contributed by atoms with Gasteiger partial charge in [-0.25, -0.2) is 4.98 Å². The first-order valence-corrected chi connectivity index (χ1v) is 7.97. The van der Waals surface area contributed by atoms with Crippen molar-refractivity contribution in [1.29, 1.82) is 0 Å². The number of hydrogen-bond acceptors (Lipinski definition) is 4. The minimum Gasteiger partial charge on any atom is -0.321 e. The van der Waals surface area contributed by atoms with Gasteiger partial charge in [-0.2, -0.15) is 0 Å². The van der Waals surface area contributed by atoms with Gasteiger partial charge in [0.05, 0.1) is 5.69 Å². The van der Waals surface area contributed by atoms with E-state index in [1.165, 1.54) is 16.1 Å².